The summed E-state index contributed by atoms with van der Waals surface area (Å²) in [4.78, 5) is 68.2. The fourth-order valence-electron chi connectivity index (χ4n) is 13.0. The van der Waals surface area contributed by atoms with Gasteiger partial charge in [0.15, 0.2) is 30.3 Å². The van der Waals surface area contributed by atoms with Crippen molar-refractivity contribution in [2.24, 2.45) is 52.0 Å². The molecular formula is C65H110N4O20S. The Morgan fingerprint density at radius 3 is 2.06 bits per heavy atom. The molecule has 0 bridgehead atoms. The monoisotopic (exact) mass is 1300 g/mol. The zero-order chi connectivity index (χ0) is 67.5. The summed E-state index contributed by atoms with van der Waals surface area (Å²) in [5.41, 5.74) is -3.25. The van der Waals surface area contributed by atoms with Crippen molar-refractivity contribution in [2.75, 3.05) is 47.6 Å². The van der Waals surface area contributed by atoms with Gasteiger partial charge in [-0.15, -0.1) is 0 Å². The Labute approximate surface area is 535 Å². The number of ketones is 1. The van der Waals surface area contributed by atoms with Crippen molar-refractivity contribution < 1.29 is 94.8 Å². The topological polar surface area (TPSA) is 293 Å². The van der Waals surface area contributed by atoms with Crippen molar-refractivity contribution in [1.29, 1.82) is 0 Å². The van der Waals surface area contributed by atoms with E-state index < -0.39 is 160 Å². The number of cyclic esters (lactones) is 1. The summed E-state index contributed by atoms with van der Waals surface area (Å²) in [7, 11) is 0.209. The van der Waals surface area contributed by atoms with E-state index in [0.717, 1.165) is 6.54 Å². The molecule has 4 N–H and O–H groups in total. The first-order valence-corrected chi connectivity index (χ1v) is 33.5. The van der Waals surface area contributed by atoms with Crippen molar-refractivity contribution in [3.63, 3.8) is 0 Å². The number of nitrogens with zero attached hydrogens (tertiary/aromatic N) is 2. The van der Waals surface area contributed by atoms with Crippen LogP contribution in [0, 0.1) is 46.8 Å². The van der Waals surface area contributed by atoms with Crippen LogP contribution in [-0.4, -0.2) is 204 Å². The molecule has 4 aliphatic rings. The predicted molar refractivity (Wildman–Crippen MR) is 334 cm³/mol. The SMILES string of the molecule is CON=C1C[C@@H](C)O[C@@H](OC2C(C)C(O[C@H]3C[C@@H](C)N(CC(C)(C)C)C[C@H](C)O3)[C@@H](C)C(=O)O[C@H](C(C)CO[C@@H]3O[C@H](C)[C@@H](O)[C@@H](OC)[C@H]3OC)[C@H](C)[C@@H](OC(=O)CC(C)C)[C@@H](C)C(=O)[C@@](C)(OC(=O)NC(C)(C)CNS(=O)(=O)c3ccccc3)C[C@@H]2C)[C@@H]1O. The second-order valence-electron chi connectivity index (χ2n) is 28.4. The molecule has 4 heterocycles. The average Bonchev–Trinajstić information content (AvgIpc) is 0.859. The number of Topliss-reactive ketones (excluding diaryl/α,β-unsaturated/α-hetero) is 1. The molecule has 0 aliphatic carbocycles. The third-order valence-electron chi connectivity index (χ3n) is 17.6. The normalized spacial score (nSPS) is 36.7. The highest BCUT2D eigenvalue weighted by molar-refractivity contribution is 7.89. The third kappa shape index (κ3) is 20.8. The number of rotatable bonds is 21. The number of methoxy groups -OCH3 is 2. The third-order valence-corrected chi connectivity index (χ3v) is 19.0. The Morgan fingerprint density at radius 1 is 0.811 bits per heavy atom. The molecule has 1 aromatic rings. The van der Waals surface area contributed by atoms with Gasteiger partial charge in [0.25, 0.3) is 0 Å². The van der Waals surface area contributed by atoms with Gasteiger partial charge in [0.1, 0.15) is 43.7 Å². The van der Waals surface area contributed by atoms with Crippen molar-refractivity contribution >= 4 is 39.6 Å². The highest BCUT2D eigenvalue weighted by Crippen LogP contribution is 2.41. The Kier molecular flexibility index (Phi) is 28.1. The molecule has 24 nitrogen and oxygen atoms in total. The fourth-order valence-corrected chi connectivity index (χ4v) is 14.2. The van der Waals surface area contributed by atoms with E-state index in [0.29, 0.717) is 13.0 Å². The number of nitrogens with one attached hydrogen (secondary N) is 2. The van der Waals surface area contributed by atoms with E-state index in [-0.39, 0.29) is 66.5 Å². The lowest BCUT2D eigenvalue weighted by atomic mass is 9.74. The zero-order valence-electron chi connectivity index (χ0n) is 57.3. The lowest BCUT2D eigenvalue weighted by molar-refractivity contribution is -0.305. The van der Waals surface area contributed by atoms with Crippen molar-refractivity contribution in [2.45, 2.75) is 258 Å². The van der Waals surface area contributed by atoms with E-state index in [9.17, 15) is 28.2 Å². The summed E-state index contributed by atoms with van der Waals surface area (Å²) in [5.74, 6) is -8.14. The zero-order valence-corrected chi connectivity index (χ0v) is 58.1. The van der Waals surface area contributed by atoms with Crippen molar-refractivity contribution in [3.8, 4) is 0 Å². The number of esters is 2. The number of carbonyl (C=O) groups excluding carboxylic acids is 4. The Morgan fingerprint density at radius 2 is 1.46 bits per heavy atom. The second-order valence-corrected chi connectivity index (χ2v) is 30.1. The van der Waals surface area contributed by atoms with Gasteiger partial charge >= 0.3 is 18.0 Å². The van der Waals surface area contributed by atoms with Crippen molar-refractivity contribution in [3.05, 3.63) is 30.3 Å². The van der Waals surface area contributed by atoms with Gasteiger partial charge in [0.05, 0.1) is 65.1 Å². The highest BCUT2D eigenvalue weighted by Gasteiger charge is 2.53. The van der Waals surface area contributed by atoms with Gasteiger partial charge in [-0.25, -0.2) is 17.9 Å². The van der Waals surface area contributed by atoms with Crippen LogP contribution in [0.4, 0.5) is 4.79 Å². The van der Waals surface area contributed by atoms with E-state index in [4.69, 9.17) is 56.9 Å². The molecule has 90 heavy (non-hydrogen) atoms. The van der Waals surface area contributed by atoms with Crippen LogP contribution < -0.4 is 10.0 Å². The van der Waals surface area contributed by atoms with E-state index in [2.05, 4.69) is 47.8 Å². The minimum Gasteiger partial charge on any atom is -0.461 e. The first kappa shape index (κ1) is 76.7. The lowest BCUT2D eigenvalue weighted by Crippen LogP contribution is -2.59. The number of hydrogen-bond donors (Lipinski definition) is 4. The van der Waals surface area contributed by atoms with Crippen LogP contribution in [0.15, 0.2) is 40.4 Å². The van der Waals surface area contributed by atoms with Crippen LogP contribution in [0.25, 0.3) is 0 Å². The van der Waals surface area contributed by atoms with Crippen LogP contribution >= 0.6 is 0 Å². The molecule has 0 spiro atoms. The number of alkyl carbamates (subject to hydrolysis) is 1. The maximum atomic E-state index is 16.1. The summed E-state index contributed by atoms with van der Waals surface area (Å²) in [6.45, 7) is 33.7. The molecule has 22 atom stereocenters. The summed E-state index contributed by atoms with van der Waals surface area (Å²) >= 11 is 0. The molecule has 516 valence electrons. The number of carbonyl (C=O) groups is 4. The van der Waals surface area contributed by atoms with Gasteiger partial charge in [0.2, 0.25) is 10.0 Å². The first-order chi connectivity index (χ1) is 41.9. The number of aliphatic hydroxyl groups is 2. The highest BCUT2D eigenvalue weighted by atomic mass is 32.2. The molecule has 0 aromatic heterocycles. The van der Waals surface area contributed by atoms with Gasteiger partial charge in [-0.1, -0.05) is 92.6 Å². The molecule has 1 amide bonds. The first-order valence-electron chi connectivity index (χ1n) is 32.0. The summed E-state index contributed by atoms with van der Waals surface area (Å²) in [6.07, 6.45) is -14.8. The Hall–Kier alpha value is -3.96. The lowest BCUT2D eigenvalue weighted by Gasteiger charge is -2.45. The van der Waals surface area contributed by atoms with Gasteiger partial charge in [0, 0.05) is 76.9 Å². The predicted octanol–water partition coefficient (Wildman–Crippen LogP) is 7.18. The Balaban J connectivity index is 1.72. The van der Waals surface area contributed by atoms with Crippen LogP contribution in [0.3, 0.4) is 0 Å². The average molecular weight is 1300 g/mol. The maximum absolute atomic E-state index is 16.1. The minimum atomic E-state index is -4.04. The Bertz CT molecular complexity index is 2610. The van der Waals surface area contributed by atoms with E-state index >= 15 is 9.59 Å². The number of amides is 1. The number of aliphatic hydroxyl groups excluding tert-OH is 2. The number of ether oxygens (including phenoxy) is 11. The smallest absolute Gasteiger partial charge is 0.408 e. The minimum absolute atomic E-state index is 0.0130. The van der Waals surface area contributed by atoms with E-state index in [1.807, 2.05) is 27.7 Å². The number of benzene rings is 1. The molecule has 4 unspecified atom stereocenters. The molecule has 25 heteroatoms. The van der Waals surface area contributed by atoms with Crippen LogP contribution in [0.5, 0.6) is 0 Å². The molecule has 5 rings (SSSR count). The molecule has 4 aliphatic heterocycles. The summed E-state index contributed by atoms with van der Waals surface area (Å²) in [5, 5.41) is 29.9. The molecule has 1 aromatic carbocycles. The number of oxime groups is 1. The van der Waals surface area contributed by atoms with Gasteiger partial charge in [-0.2, -0.15) is 0 Å². The van der Waals surface area contributed by atoms with Gasteiger partial charge < -0.3 is 72.5 Å². The standard InChI is InChI=1S/C65H110N4O20S/c1-35(2)27-48(70)85-54-42(9)53(37(4)32-81-61-57(79-20)56(78-19)50(71)45(12)84-61)87-59(74)44(11)55(86-49-28-38(5)69(31-40(7)82-49)34-63(13,14)15)41(8)52(88-60-51(72)47(68-80-21)29-39(6)83-60)36(3)30-65(18,58(73)43(54)10)89-62(75)67-64(16,17)33-66-90(76,77)46-25-23-22-24-26-46/h22-26,35-45,49-57,60-61,66,71-72H,27-34H2,1-21H3,(H,67,75)/t36-,37?,38+,39+,40-,41?,42-,43+,44+,45+,49-,50+,51+,52?,53+,54+,55?,56+,57+,60-,61+,65-/m0/s1. The van der Waals surface area contributed by atoms with Crippen molar-refractivity contribution in [1.82, 2.24) is 14.9 Å². The fraction of sp³-hybridized carbons (Fsp3) is 0.831. The maximum Gasteiger partial charge on any atom is 0.408 e. The molecule has 4 fully saturated rings. The number of hydrogen-bond acceptors (Lipinski definition) is 22. The van der Waals surface area contributed by atoms with Crippen LogP contribution in [0.1, 0.15) is 150 Å². The molecule has 4 saturated heterocycles. The largest absolute Gasteiger partial charge is 0.461 e. The van der Waals surface area contributed by atoms with Gasteiger partial charge in [-0.05, 0) is 91.2 Å². The quantitative estimate of drug-likeness (QED) is 0.0538. The van der Waals surface area contributed by atoms with Gasteiger partial charge in [-0.3, -0.25) is 19.3 Å². The van der Waals surface area contributed by atoms with E-state index in [1.54, 1.807) is 80.5 Å². The molecule has 0 saturated carbocycles. The summed E-state index contributed by atoms with van der Waals surface area (Å²) < 4.78 is 101. The van der Waals surface area contributed by atoms with E-state index in [1.165, 1.54) is 40.4 Å². The van der Waals surface area contributed by atoms with Crippen LogP contribution in [-0.2, 0) is 81.3 Å². The van der Waals surface area contributed by atoms with Crippen LogP contribution in [0.2, 0.25) is 0 Å². The molecule has 0 radical (unpaired) electrons. The second kappa shape index (κ2) is 32.9. The number of sulfonamides is 1. The summed E-state index contributed by atoms with van der Waals surface area (Å²) in [6, 6.07) is 7.70. The molecular weight excluding hydrogens is 1190 g/mol.